The molecular weight excluding hydrogens is 320 g/mol. The molecule has 0 atom stereocenters. The van der Waals surface area contributed by atoms with Crippen molar-refractivity contribution in [3.63, 3.8) is 0 Å². The fourth-order valence-electron chi connectivity index (χ4n) is 0.770. The van der Waals surface area contributed by atoms with E-state index in [-0.39, 0.29) is 0 Å². The van der Waals surface area contributed by atoms with Crippen molar-refractivity contribution in [1.29, 1.82) is 10.8 Å². The van der Waals surface area contributed by atoms with E-state index in [4.69, 9.17) is 40.6 Å². The quantitative estimate of drug-likeness (QED) is 0.247. The minimum absolute atomic E-state index is 0.750. The molecule has 10 nitrogen and oxygen atoms in total. The molecule has 2 aromatic rings. The van der Waals surface area contributed by atoms with Crippen molar-refractivity contribution in [2.75, 3.05) is 0 Å². The lowest BCUT2D eigenvalue weighted by Crippen LogP contribution is -1.47. The zero-order valence-electron chi connectivity index (χ0n) is 12.4. The monoisotopic (exact) mass is 336 g/mol. The summed E-state index contributed by atoms with van der Waals surface area (Å²) >= 11 is 0. The summed E-state index contributed by atoms with van der Waals surface area (Å²) < 4.78 is 0. The van der Waals surface area contributed by atoms with E-state index in [9.17, 15) is 0 Å². The molecule has 2 aromatic carbocycles. The van der Waals surface area contributed by atoms with Crippen molar-refractivity contribution in [1.82, 2.24) is 0 Å². The Labute approximate surface area is 137 Å². The number of nitrogens with one attached hydrogen (secondary N) is 2. The smallest absolute Gasteiger partial charge is 0.231 e. The van der Waals surface area contributed by atoms with Crippen LogP contribution in [0.25, 0.3) is 0 Å². The predicted octanol–water partition coefficient (Wildman–Crippen LogP) is 3.46. The van der Waals surface area contributed by atoms with Crippen molar-refractivity contribution in [3.05, 3.63) is 82.6 Å². The molecule has 24 heavy (non-hydrogen) atoms. The SMILES string of the molecule is N=C=O.N=C=O.O=NO.O=NO.c1ccccc1.c1ccccc1. The van der Waals surface area contributed by atoms with Crippen molar-refractivity contribution in [2.45, 2.75) is 0 Å². The topological polar surface area (TPSA) is 181 Å². The Morgan fingerprint density at radius 1 is 0.542 bits per heavy atom. The normalized spacial score (nSPS) is 5.67. The molecule has 0 aliphatic rings. The van der Waals surface area contributed by atoms with E-state index in [1.54, 1.807) is 0 Å². The van der Waals surface area contributed by atoms with Gasteiger partial charge in [-0.05, 0) is 0 Å². The molecule has 0 spiro atoms. The van der Waals surface area contributed by atoms with Crippen LogP contribution in [0.3, 0.4) is 0 Å². The maximum Gasteiger partial charge on any atom is 0.231 e. The molecule has 0 unspecified atom stereocenters. The third-order valence-corrected chi connectivity index (χ3v) is 1.33. The Morgan fingerprint density at radius 3 is 0.625 bits per heavy atom. The van der Waals surface area contributed by atoms with Gasteiger partial charge in [-0.2, -0.15) is 0 Å². The molecule has 0 fully saturated rings. The van der Waals surface area contributed by atoms with Gasteiger partial charge >= 0.3 is 0 Å². The highest BCUT2D eigenvalue weighted by Gasteiger charge is 1.58. The third kappa shape index (κ3) is 81.3. The van der Waals surface area contributed by atoms with Crippen molar-refractivity contribution in [2.24, 2.45) is 10.7 Å². The first kappa shape index (κ1) is 28.2. The summed E-state index contributed by atoms with van der Waals surface area (Å²) in [5.41, 5.74) is 0. The number of hydrogen-bond donors (Lipinski definition) is 4. The standard InChI is InChI=1S/2C6H6.2CHNO.2HNO2/c2*1-2-4-6-5-3-1;4*2-1-3/h2*1-6H;2*2H;2*(H,2,3). The summed E-state index contributed by atoms with van der Waals surface area (Å²) in [6.07, 6.45) is 1.50. The van der Waals surface area contributed by atoms with Gasteiger partial charge in [-0.3, -0.25) is 0 Å². The number of hydrogen-bond acceptors (Lipinski definition) is 8. The van der Waals surface area contributed by atoms with Gasteiger partial charge in [-0.15, -0.1) is 9.81 Å². The van der Waals surface area contributed by atoms with Crippen LogP contribution in [-0.2, 0) is 9.59 Å². The van der Waals surface area contributed by atoms with Gasteiger partial charge in [-0.1, -0.05) is 72.8 Å². The van der Waals surface area contributed by atoms with Crippen LogP contribution in [0.1, 0.15) is 0 Å². The summed E-state index contributed by atoms with van der Waals surface area (Å²) in [7, 11) is 0. The number of benzene rings is 2. The van der Waals surface area contributed by atoms with Crippen LogP contribution in [0.2, 0.25) is 0 Å². The Hall–Kier alpha value is -4.00. The molecule has 0 bridgehead atoms. The van der Waals surface area contributed by atoms with E-state index in [1.807, 2.05) is 72.8 Å². The summed E-state index contributed by atoms with van der Waals surface area (Å²) in [5, 5.41) is 26.6. The van der Waals surface area contributed by atoms with Gasteiger partial charge in [0.15, 0.2) is 10.7 Å². The molecule has 0 aliphatic carbocycles. The molecule has 4 N–H and O–H groups in total. The Bertz CT molecular complexity index is 410. The summed E-state index contributed by atoms with van der Waals surface area (Å²) in [5.74, 6) is 0. The largest absolute Gasteiger partial charge is 0.379 e. The van der Waals surface area contributed by atoms with Gasteiger partial charge in [0.25, 0.3) is 0 Å². The minimum Gasteiger partial charge on any atom is -0.379 e. The summed E-state index contributed by atoms with van der Waals surface area (Å²) in [6, 6.07) is 24.0. The van der Waals surface area contributed by atoms with Gasteiger partial charge in [0, 0.05) is 0 Å². The first-order valence-electron chi connectivity index (χ1n) is 5.67. The molecule has 2 rings (SSSR count). The third-order valence-electron chi connectivity index (χ3n) is 1.33. The van der Waals surface area contributed by atoms with Crippen molar-refractivity contribution in [3.8, 4) is 0 Å². The van der Waals surface area contributed by atoms with Crippen LogP contribution < -0.4 is 0 Å². The lowest BCUT2D eigenvalue weighted by atomic mass is 10.4. The molecule has 0 saturated carbocycles. The van der Waals surface area contributed by atoms with Crippen LogP contribution in [0.15, 0.2) is 83.5 Å². The molecule has 0 radical (unpaired) electrons. The van der Waals surface area contributed by atoms with Gasteiger partial charge < -0.3 is 10.4 Å². The van der Waals surface area contributed by atoms with Crippen LogP contribution >= 0.6 is 0 Å². The molecule has 0 amide bonds. The fourth-order valence-corrected chi connectivity index (χ4v) is 0.770. The number of isocyanates is 2. The van der Waals surface area contributed by atoms with Gasteiger partial charge in [0.2, 0.25) is 12.2 Å². The maximum atomic E-state index is 8.35. The van der Waals surface area contributed by atoms with E-state index in [1.165, 1.54) is 10.7 Å². The second-order valence-corrected chi connectivity index (χ2v) is 2.68. The predicted molar refractivity (Wildman–Crippen MR) is 84.9 cm³/mol. The van der Waals surface area contributed by atoms with Crippen LogP contribution in [0.5, 0.6) is 0 Å². The van der Waals surface area contributed by atoms with Crippen molar-refractivity contribution >= 4 is 12.2 Å². The number of nitrogens with zero attached hydrogens (tertiary/aromatic N) is 2. The molecule has 0 aromatic heterocycles. The van der Waals surface area contributed by atoms with E-state index < -0.39 is 0 Å². The number of carbonyl (C=O) groups excluding carboxylic acids is 2. The first-order chi connectivity index (χ1) is 11.7. The van der Waals surface area contributed by atoms with Gasteiger partial charge in [0.05, 0.1) is 0 Å². The second kappa shape index (κ2) is 42.8. The highest BCUT2D eigenvalue weighted by atomic mass is 16.6. The zero-order chi connectivity index (χ0) is 19.3. The van der Waals surface area contributed by atoms with Gasteiger partial charge in [-0.25, -0.2) is 20.4 Å². The van der Waals surface area contributed by atoms with Crippen molar-refractivity contribution < 1.29 is 20.0 Å². The van der Waals surface area contributed by atoms with Crippen LogP contribution in [-0.4, -0.2) is 22.6 Å². The lowest BCUT2D eigenvalue weighted by molar-refractivity contribution is 0.312. The van der Waals surface area contributed by atoms with E-state index in [2.05, 4.69) is 0 Å². The zero-order valence-corrected chi connectivity index (χ0v) is 12.4. The highest BCUT2D eigenvalue weighted by molar-refractivity contribution is 5.26. The van der Waals surface area contributed by atoms with E-state index in [0.29, 0.717) is 0 Å². The molecule has 0 heterocycles. The molecule has 0 aliphatic heterocycles. The maximum absolute atomic E-state index is 8.35. The van der Waals surface area contributed by atoms with E-state index >= 15 is 0 Å². The van der Waals surface area contributed by atoms with E-state index in [0.717, 1.165) is 12.2 Å². The average molecular weight is 336 g/mol. The Kier molecular flexibility index (Phi) is 50.2. The fraction of sp³-hybridized carbons (Fsp3) is 0. The molecular formula is C14H16N4O6. The summed E-state index contributed by atoms with van der Waals surface area (Å²) in [4.78, 5) is 32.9. The van der Waals surface area contributed by atoms with Gasteiger partial charge in [0.1, 0.15) is 0 Å². The molecule has 0 saturated heterocycles. The number of rotatable bonds is 0. The highest BCUT2D eigenvalue weighted by Crippen LogP contribution is 1.80. The Balaban J connectivity index is -0.000000105. The second-order valence-electron chi connectivity index (χ2n) is 2.68. The molecule has 128 valence electrons. The average Bonchev–Trinajstić information content (AvgIpc) is 2.61. The Morgan fingerprint density at radius 2 is 0.583 bits per heavy atom. The van der Waals surface area contributed by atoms with Crippen LogP contribution in [0.4, 0.5) is 0 Å². The van der Waals surface area contributed by atoms with Crippen LogP contribution in [0, 0.1) is 20.6 Å². The first-order valence-corrected chi connectivity index (χ1v) is 5.67. The molecule has 10 heteroatoms. The lowest BCUT2D eigenvalue weighted by Gasteiger charge is -1.69. The summed E-state index contributed by atoms with van der Waals surface area (Å²) in [6.45, 7) is 0. The minimum atomic E-state index is 0.750.